The molecular formula is C29H38ClN5O. The van der Waals surface area contributed by atoms with Crippen LogP contribution in [0.3, 0.4) is 0 Å². The first-order valence-electron chi connectivity index (χ1n) is 14.0. The average Bonchev–Trinajstić information content (AvgIpc) is 3.28. The molecule has 6 nitrogen and oxygen atoms in total. The van der Waals surface area contributed by atoms with Gasteiger partial charge in [-0.2, -0.15) is 9.97 Å². The number of hydrogen-bond donors (Lipinski definition) is 0. The third-order valence-corrected chi connectivity index (χ3v) is 8.89. The topological polar surface area (TPSA) is 56.1 Å². The number of morpholine rings is 1. The molecule has 1 aliphatic heterocycles. The molecule has 3 heterocycles. The van der Waals surface area contributed by atoms with Gasteiger partial charge in [0.1, 0.15) is 5.52 Å². The van der Waals surface area contributed by atoms with Crippen molar-refractivity contribution in [2.45, 2.75) is 83.2 Å². The lowest BCUT2D eigenvalue weighted by molar-refractivity contribution is 0.0927. The summed E-state index contributed by atoms with van der Waals surface area (Å²) in [5, 5.41) is 0.326. The molecule has 6 rings (SSSR count). The summed E-state index contributed by atoms with van der Waals surface area (Å²) in [7, 11) is 0. The number of hydrogen-bond acceptors (Lipinski definition) is 5. The molecule has 0 radical (unpaired) electrons. The van der Waals surface area contributed by atoms with Crippen LogP contribution in [-0.4, -0.2) is 39.3 Å². The summed E-state index contributed by atoms with van der Waals surface area (Å²) in [6, 6.07) is 10.8. The van der Waals surface area contributed by atoms with Crippen LogP contribution >= 0.6 is 11.6 Å². The third kappa shape index (κ3) is 4.87. The van der Waals surface area contributed by atoms with Gasteiger partial charge in [-0.1, -0.05) is 69.4 Å². The molecule has 0 spiro atoms. The Labute approximate surface area is 219 Å². The van der Waals surface area contributed by atoms with Crippen LogP contribution in [-0.2, 0) is 11.3 Å². The summed E-state index contributed by atoms with van der Waals surface area (Å²) in [6.45, 7) is 5.54. The van der Waals surface area contributed by atoms with Crippen LogP contribution in [0.25, 0.3) is 11.2 Å². The van der Waals surface area contributed by atoms with Crippen LogP contribution in [0.4, 0.5) is 5.95 Å². The SMILES string of the molecule is CC1CCC(Cn2c(N3CCOC[C@H]3c3ccccc3)nc3nc(Cl)nc(C4CCCCC4)c32)CC1. The Kier molecular flexibility index (Phi) is 7.16. The Hall–Kier alpha value is -2.18. The average molecular weight is 508 g/mol. The Morgan fingerprint density at radius 3 is 2.50 bits per heavy atom. The first kappa shape index (κ1) is 24.2. The lowest BCUT2D eigenvalue weighted by Gasteiger charge is -2.37. The largest absolute Gasteiger partial charge is 0.377 e. The smallest absolute Gasteiger partial charge is 0.224 e. The number of aromatic nitrogens is 4. The molecule has 36 heavy (non-hydrogen) atoms. The van der Waals surface area contributed by atoms with E-state index in [1.54, 1.807) is 0 Å². The molecule has 1 atom stereocenters. The number of fused-ring (bicyclic) bond motifs is 1. The summed E-state index contributed by atoms with van der Waals surface area (Å²) < 4.78 is 8.46. The van der Waals surface area contributed by atoms with Crippen molar-refractivity contribution in [2.75, 3.05) is 24.7 Å². The van der Waals surface area contributed by atoms with Gasteiger partial charge in [-0.25, -0.2) is 4.98 Å². The van der Waals surface area contributed by atoms with Crippen molar-refractivity contribution in [2.24, 2.45) is 11.8 Å². The van der Waals surface area contributed by atoms with Gasteiger partial charge in [-0.05, 0) is 54.7 Å². The Morgan fingerprint density at radius 2 is 1.72 bits per heavy atom. The third-order valence-electron chi connectivity index (χ3n) is 8.72. The van der Waals surface area contributed by atoms with E-state index in [4.69, 9.17) is 26.3 Å². The van der Waals surface area contributed by atoms with Crippen LogP contribution in [0.5, 0.6) is 0 Å². The maximum Gasteiger partial charge on any atom is 0.224 e. The molecule has 1 aromatic carbocycles. The van der Waals surface area contributed by atoms with E-state index < -0.39 is 0 Å². The zero-order valence-electron chi connectivity index (χ0n) is 21.4. The number of anilines is 1. The maximum absolute atomic E-state index is 6.52. The van der Waals surface area contributed by atoms with Crippen molar-refractivity contribution in [3.63, 3.8) is 0 Å². The van der Waals surface area contributed by atoms with Gasteiger partial charge in [-0.15, -0.1) is 0 Å². The first-order chi connectivity index (χ1) is 17.7. The molecule has 2 aromatic heterocycles. The lowest BCUT2D eigenvalue weighted by atomic mass is 9.83. The Bertz CT molecular complexity index is 1170. The van der Waals surface area contributed by atoms with Crippen molar-refractivity contribution in [1.82, 2.24) is 19.5 Å². The van der Waals surface area contributed by atoms with Crippen LogP contribution in [0.15, 0.2) is 30.3 Å². The van der Waals surface area contributed by atoms with Crippen molar-refractivity contribution < 1.29 is 4.74 Å². The summed E-state index contributed by atoms with van der Waals surface area (Å²) in [4.78, 5) is 17.2. The van der Waals surface area contributed by atoms with Crippen LogP contribution in [0.1, 0.15) is 87.9 Å². The molecule has 192 valence electrons. The minimum absolute atomic E-state index is 0.128. The number of halogens is 1. The van der Waals surface area contributed by atoms with E-state index in [-0.39, 0.29) is 6.04 Å². The second-order valence-electron chi connectivity index (χ2n) is 11.2. The molecule has 0 amide bonds. The molecule has 0 unspecified atom stereocenters. The minimum Gasteiger partial charge on any atom is -0.377 e. The van der Waals surface area contributed by atoms with Gasteiger partial charge in [0.15, 0.2) is 5.65 Å². The second kappa shape index (κ2) is 10.7. The summed E-state index contributed by atoms with van der Waals surface area (Å²) in [6.07, 6.45) is 11.4. The first-order valence-corrected chi connectivity index (χ1v) is 14.4. The van der Waals surface area contributed by atoms with Crippen molar-refractivity contribution in [3.05, 3.63) is 46.9 Å². The highest BCUT2D eigenvalue weighted by Crippen LogP contribution is 2.40. The van der Waals surface area contributed by atoms with E-state index >= 15 is 0 Å². The maximum atomic E-state index is 6.52. The fourth-order valence-corrected chi connectivity index (χ4v) is 6.81. The molecule has 0 bridgehead atoms. The van der Waals surface area contributed by atoms with E-state index in [0.29, 0.717) is 30.3 Å². The molecule has 3 aromatic rings. The molecule has 1 saturated heterocycles. The van der Waals surface area contributed by atoms with Gasteiger partial charge in [0, 0.05) is 19.0 Å². The van der Waals surface area contributed by atoms with Crippen LogP contribution in [0.2, 0.25) is 5.28 Å². The van der Waals surface area contributed by atoms with Gasteiger partial charge < -0.3 is 14.2 Å². The lowest BCUT2D eigenvalue weighted by Crippen LogP contribution is -2.41. The van der Waals surface area contributed by atoms with E-state index in [1.165, 1.54) is 63.4 Å². The summed E-state index contributed by atoms with van der Waals surface area (Å²) in [5.41, 5.74) is 4.27. The van der Waals surface area contributed by atoms with Crippen LogP contribution < -0.4 is 4.90 Å². The monoisotopic (exact) mass is 507 g/mol. The minimum atomic E-state index is 0.128. The molecule has 2 saturated carbocycles. The zero-order chi connectivity index (χ0) is 24.5. The van der Waals surface area contributed by atoms with E-state index in [1.807, 2.05) is 0 Å². The standard InChI is InChI=1S/C29H38ClN5O/c1-20-12-14-21(15-13-20)18-35-26-25(23-10-6-3-7-11-23)31-28(30)32-27(26)33-29(35)34-16-17-36-19-24(34)22-8-4-2-5-9-22/h2,4-5,8-9,20-21,23-24H,3,6-7,10-19H2,1H3/t20?,21?,24-/m0/s1. The van der Waals surface area contributed by atoms with Gasteiger partial charge in [0.2, 0.25) is 11.2 Å². The molecule has 0 N–H and O–H groups in total. The predicted molar refractivity (Wildman–Crippen MR) is 145 cm³/mol. The van der Waals surface area contributed by atoms with Crippen molar-refractivity contribution >= 4 is 28.7 Å². The van der Waals surface area contributed by atoms with E-state index in [9.17, 15) is 0 Å². The number of rotatable bonds is 5. The van der Waals surface area contributed by atoms with Crippen molar-refractivity contribution in [1.29, 1.82) is 0 Å². The molecular weight excluding hydrogens is 470 g/mol. The normalized spacial score (nSPS) is 25.9. The number of imidazole rings is 1. The summed E-state index contributed by atoms with van der Waals surface area (Å²) >= 11 is 6.52. The molecule has 3 fully saturated rings. The van der Waals surface area contributed by atoms with Crippen molar-refractivity contribution in [3.8, 4) is 0 Å². The highest BCUT2D eigenvalue weighted by molar-refractivity contribution is 6.28. The quantitative estimate of drug-likeness (QED) is 0.350. The zero-order valence-corrected chi connectivity index (χ0v) is 22.2. The van der Waals surface area contributed by atoms with Gasteiger partial charge >= 0.3 is 0 Å². The van der Waals surface area contributed by atoms with Gasteiger partial charge in [-0.3, -0.25) is 0 Å². The summed E-state index contributed by atoms with van der Waals surface area (Å²) in [5.74, 6) is 2.94. The van der Waals surface area contributed by atoms with Gasteiger partial charge in [0.25, 0.3) is 0 Å². The number of benzene rings is 1. The number of ether oxygens (including phenoxy) is 1. The fraction of sp³-hybridized carbons (Fsp3) is 0.621. The fourth-order valence-electron chi connectivity index (χ4n) is 6.64. The highest BCUT2D eigenvalue weighted by atomic mass is 35.5. The predicted octanol–water partition coefficient (Wildman–Crippen LogP) is 6.93. The molecule has 2 aliphatic carbocycles. The second-order valence-corrected chi connectivity index (χ2v) is 11.6. The highest BCUT2D eigenvalue weighted by Gasteiger charge is 2.33. The molecule has 7 heteroatoms. The van der Waals surface area contributed by atoms with Crippen LogP contribution in [0, 0.1) is 11.8 Å². The van der Waals surface area contributed by atoms with Gasteiger partial charge in [0.05, 0.1) is 24.9 Å². The molecule has 3 aliphatic rings. The number of nitrogens with zero attached hydrogens (tertiary/aromatic N) is 5. The van der Waals surface area contributed by atoms with E-state index in [0.717, 1.165) is 41.8 Å². The Morgan fingerprint density at radius 1 is 0.944 bits per heavy atom. The van der Waals surface area contributed by atoms with E-state index in [2.05, 4.69) is 51.7 Å². The Balaban J connectivity index is 1.47.